The summed E-state index contributed by atoms with van der Waals surface area (Å²) in [6.07, 6.45) is 2.51. The minimum absolute atomic E-state index is 0.0453. The molecule has 1 fully saturated rings. The van der Waals surface area contributed by atoms with Crippen molar-refractivity contribution in [3.05, 3.63) is 125 Å². The van der Waals surface area contributed by atoms with Gasteiger partial charge in [0, 0.05) is 31.8 Å². The van der Waals surface area contributed by atoms with Crippen molar-refractivity contribution >= 4 is 0 Å². The van der Waals surface area contributed by atoms with Crippen molar-refractivity contribution in [2.45, 2.75) is 116 Å². The zero-order valence-electron chi connectivity index (χ0n) is 37.0. The highest BCUT2D eigenvalue weighted by Crippen LogP contribution is 2.46. The molecule has 0 saturated carbocycles. The average molecular weight is 847 g/mol. The third kappa shape index (κ3) is 13.2. The van der Waals surface area contributed by atoms with E-state index in [4.69, 9.17) is 42.6 Å². The molecule has 2 unspecified atom stereocenters. The fraction of sp³-hybridized carbons (Fsp3) is 0.520. The number of rotatable bonds is 27. The highest BCUT2D eigenvalue weighted by Gasteiger charge is 2.64. The first-order valence-corrected chi connectivity index (χ1v) is 21.9. The Hall–Kier alpha value is -4.07. The molecule has 0 radical (unpaired) electrons. The predicted octanol–water partition coefficient (Wildman–Crippen LogP) is 9.74. The Kier molecular flexibility index (Phi) is 19.3. The molecule has 1 N–H and O–H groups in total. The molecule has 4 aromatic rings. The van der Waals surface area contributed by atoms with Crippen LogP contribution in [0, 0.1) is 5.82 Å². The van der Waals surface area contributed by atoms with Gasteiger partial charge < -0.3 is 47.7 Å². The van der Waals surface area contributed by atoms with E-state index in [9.17, 15) is 5.11 Å². The molecule has 11 heteroatoms. The summed E-state index contributed by atoms with van der Waals surface area (Å²) in [6, 6.07) is 27.5. The van der Waals surface area contributed by atoms with Crippen LogP contribution in [-0.2, 0) is 53.8 Å². The Balaban J connectivity index is 1.62. The van der Waals surface area contributed by atoms with Crippen LogP contribution >= 0.6 is 0 Å². The Morgan fingerprint density at radius 1 is 0.607 bits per heavy atom. The van der Waals surface area contributed by atoms with Crippen molar-refractivity contribution in [1.82, 2.24) is 0 Å². The summed E-state index contributed by atoms with van der Waals surface area (Å²) >= 11 is 0. The van der Waals surface area contributed by atoms with Gasteiger partial charge in [-0.15, -0.1) is 0 Å². The number of ether oxygens (including phenoxy) is 9. The van der Waals surface area contributed by atoms with E-state index in [1.54, 1.807) is 26.4 Å². The van der Waals surface area contributed by atoms with E-state index in [1.165, 1.54) is 6.07 Å². The minimum atomic E-state index is -2.16. The molecule has 61 heavy (non-hydrogen) atoms. The maximum atomic E-state index is 15.8. The molecule has 5 rings (SSSR count). The number of benzene rings is 4. The van der Waals surface area contributed by atoms with E-state index in [-0.39, 0.29) is 32.8 Å². The second-order valence-electron chi connectivity index (χ2n) is 15.6. The van der Waals surface area contributed by atoms with Gasteiger partial charge in [-0.3, -0.25) is 0 Å². The second kappa shape index (κ2) is 24.5. The van der Waals surface area contributed by atoms with Crippen LogP contribution in [0.5, 0.6) is 17.2 Å². The van der Waals surface area contributed by atoms with Crippen LogP contribution in [0.1, 0.15) is 94.0 Å². The first-order chi connectivity index (χ1) is 29.7. The number of unbranched alkanes of at least 4 members (excludes halogenated alkanes) is 3. The van der Waals surface area contributed by atoms with Gasteiger partial charge in [0.25, 0.3) is 0 Å². The third-order valence-electron chi connectivity index (χ3n) is 10.9. The van der Waals surface area contributed by atoms with Crippen molar-refractivity contribution in [3.8, 4) is 17.2 Å². The zero-order valence-corrected chi connectivity index (χ0v) is 37.0. The second-order valence-corrected chi connectivity index (χ2v) is 15.6. The molecular formula is C50H67FO10. The number of halogens is 1. The molecule has 4 aromatic carbocycles. The quantitative estimate of drug-likeness (QED) is 0.0584. The Morgan fingerprint density at radius 3 is 1.61 bits per heavy atom. The lowest BCUT2D eigenvalue weighted by Gasteiger charge is -2.56. The molecule has 10 nitrogen and oxygen atoms in total. The maximum absolute atomic E-state index is 15.8. The first kappa shape index (κ1) is 48.0. The summed E-state index contributed by atoms with van der Waals surface area (Å²) < 4.78 is 73.0. The van der Waals surface area contributed by atoms with E-state index in [0.29, 0.717) is 37.6 Å². The van der Waals surface area contributed by atoms with Gasteiger partial charge in [0.2, 0.25) is 5.79 Å². The van der Waals surface area contributed by atoms with Crippen LogP contribution in [0.15, 0.2) is 91.0 Å². The van der Waals surface area contributed by atoms with Gasteiger partial charge >= 0.3 is 0 Å². The maximum Gasteiger partial charge on any atom is 0.223 e. The summed E-state index contributed by atoms with van der Waals surface area (Å²) in [5.74, 6) is -0.362. The van der Waals surface area contributed by atoms with Crippen LogP contribution in [0.25, 0.3) is 0 Å². The summed E-state index contributed by atoms with van der Waals surface area (Å²) in [7, 11) is 3.26. The van der Waals surface area contributed by atoms with Crippen molar-refractivity contribution in [3.63, 3.8) is 0 Å². The fourth-order valence-electron chi connectivity index (χ4n) is 7.45. The van der Waals surface area contributed by atoms with Crippen molar-refractivity contribution < 1.29 is 52.1 Å². The SMILES string of the molecule is CCCCOC1[C@@H](OCCCC)[C@H](OCCCC)C(COCc2ccc(OC)cc2)(COCc2ccc(OC)cc2)OC1(O)c1ccc(F)c(Cc2ccc(OCC)cc2)c1. The molecule has 1 saturated heterocycles. The monoisotopic (exact) mass is 846 g/mol. The van der Waals surface area contributed by atoms with Crippen molar-refractivity contribution in [2.75, 3.05) is 53.9 Å². The number of hydrogen-bond acceptors (Lipinski definition) is 10. The predicted molar refractivity (Wildman–Crippen MR) is 234 cm³/mol. The van der Waals surface area contributed by atoms with E-state index in [0.717, 1.165) is 72.5 Å². The van der Waals surface area contributed by atoms with E-state index >= 15 is 4.39 Å². The van der Waals surface area contributed by atoms with Crippen LogP contribution in [0.4, 0.5) is 4.39 Å². The lowest BCUT2D eigenvalue weighted by molar-refractivity contribution is -0.411. The third-order valence-corrected chi connectivity index (χ3v) is 10.9. The summed E-state index contributed by atoms with van der Waals surface area (Å²) in [5, 5.41) is 13.4. The van der Waals surface area contributed by atoms with Gasteiger partial charge in [-0.05, 0) is 97.0 Å². The van der Waals surface area contributed by atoms with Crippen LogP contribution < -0.4 is 14.2 Å². The number of aliphatic hydroxyl groups is 1. The van der Waals surface area contributed by atoms with Gasteiger partial charge in [0.15, 0.2) is 0 Å². The largest absolute Gasteiger partial charge is 0.497 e. The van der Waals surface area contributed by atoms with Gasteiger partial charge in [-0.25, -0.2) is 4.39 Å². The Morgan fingerprint density at radius 2 is 1.10 bits per heavy atom. The van der Waals surface area contributed by atoms with Crippen LogP contribution in [-0.4, -0.2) is 82.9 Å². The van der Waals surface area contributed by atoms with Crippen molar-refractivity contribution in [1.29, 1.82) is 0 Å². The fourth-order valence-corrected chi connectivity index (χ4v) is 7.45. The molecular weight excluding hydrogens is 780 g/mol. The minimum Gasteiger partial charge on any atom is -0.497 e. The molecule has 0 spiro atoms. The normalized spacial score (nSPS) is 19.8. The molecule has 334 valence electrons. The lowest BCUT2D eigenvalue weighted by Crippen LogP contribution is -2.73. The molecule has 0 aliphatic carbocycles. The van der Waals surface area contributed by atoms with E-state index in [2.05, 4.69) is 20.8 Å². The van der Waals surface area contributed by atoms with Gasteiger partial charge in [-0.1, -0.05) is 82.5 Å². The summed E-state index contributed by atoms with van der Waals surface area (Å²) in [5.41, 5.74) is 1.96. The number of methoxy groups -OCH3 is 2. The van der Waals surface area contributed by atoms with Gasteiger partial charge in [-0.2, -0.15) is 0 Å². The molecule has 0 amide bonds. The Bertz CT molecular complexity index is 1780. The zero-order chi connectivity index (χ0) is 43.5. The Labute approximate surface area is 362 Å². The average Bonchev–Trinajstić information content (AvgIpc) is 3.27. The van der Waals surface area contributed by atoms with Gasteiger partial charge in [0.1, 0.15) is 47.0 Å². The van der Waals surface area contributed by atoms with Gasteiger partial charge in [0.05, 0.1) is 47.3 Å². The first-order valence-electron chi connectivity index (χ1n) is 21.9. The molecule has 1 aliphatic heterocycles. The molecule has 1 aliphatic rings. The summed E-state index contributed by atoms with van der Waals surface area (Å²) in [6.45, 7) is 10.3. The summed E-state index contributed by atoms with van der Waals surface area (Å²) in [4.78, 5) is 0. The highest BCUT2D eigenvalue weighted by molar-refractivity contribution is 5.36. The highest BCUT2D eigenvalue weighted by atomic mass is 19.1. The van der Waals surface area contributed by atoms with E-state index < -0.39 is 35.5 Å². The van der Waals surface area contributed by atoms with Crippen LogP contribution in [0.3, 0.4) is 0 Å². The molecule has 1 heterocycles. The van der Waals surface area contributed by atoms with E-state index in [1.807, 2.05) is 79.7 Å². The smallest absolute Gasteiger partial charge is 0.223 e. The lowest BCUT2D eigenvalue weighted by atomic mass is 9.80. The van der Waals surface area contributed by atoms with Crippen molar-refractivity contribution in [2.24, 2.45) is 0 Å². The van der Waals surface area contributed by atoms with Crippen LogP contribution in [0.2, 0.25) is 0 Å². The topological polar surface area (TPSA) is 103 Å². The standard InChI is InChI=1S/C50H67FO10/c1-7-11-28-58-46-47(59-29-12-8-2)49(35-55-33-38-16-21-42(53-5)22-17-38,36-56-34-39-18-23-43(54-6)24-19-39)61-50(52,48(46)60-30-13-9-3)41-20-27-45(51)40(32-41)31-37-14-25-44(26-15-37)57-10-4/h14-27,32,46-48,52H,7-13,28-31,33-36H2,1-6H3/t46-,47-,48?,50?/m0/s1. The molecule has 4 atom stereocenters. The molecule has 0 aromatic heterocycles. The molecule has 0 bridgehead atoms. The number of hydrogen-bond donors (Lipinski definition) is 1.